The van der Waals surface area contributed by atoms with Gasteiger partial charge in [-0.3, -0.25) is 0 Å². The molecule has 1 aromatic carbocycles. The number of ether oxygens (including phenoxy) is 2. The Morgan fingerprint density at radius 1 is 1.36 bits per heavy atom. The van der Waals surface area contributed by atoms with Crippen LogP contribution in [0.3, 0.4) is 0 Å². The van der Waals surface area contributed by atoms with Crippen LogP contribution in [0.5, 0.6) is 5.75 Å². The number of alkyl carbamates (subject to hydrolysis) is 1. The van der Waals surface area contributed by atoms with Crippen LogP contribution in [0.1, 0.15) is 26.3 Å². The second kappa shape index (κ2) is 7.65. The first-order valence-electron chi connectivity index (χ1n) is 6.77. The fraction of sp³-hybridized carbons (Fsp3) is 0.467. The predicted molar refractivity (Wildman–Crippen MR) is 78.7 cm³/mol. The summed E-state index contributed by atoms with van der Waals surface area (Å²) in [5, 5.41) is 19.1. The highest BCUT2D eigenvalue weighted by Gasteiger charge is 2.22. The highest BCUT2D eigenvalue weighted by molar-refractivity contribution is 5.80. The molecule has 1 heterocycles. The van der Waals surface area contributed by atoms with Crippen molar-refractivity contribution in [3.63, 3.8) is 0 Å². The normalized spacial score (nSPS) is 13.3. The first-order valence-corrected chi connectivity index (χ1v) is 6.77. The van der Waals surface area contributed by atoms with Crippen molar-refractivity contribution in [3.8, 4) is 5.75 Å². The smallest absolute Gasteiger partial charge is 0.408 e. The molecule has 7 nitrogen and oxygen atoms in total. The summed E-state index contributed by atoms with van der Waals surface area (Å²) in [6.07, 6.45) is -0.862. The molecule has 0 saturated heterocycles. The third kappa shape index (κ3) is 6.01. The Morgan fingerprint density at radius 3 is 2.32 bits per heavy atom. The summed E-state index contributed by atoms with van der Waals surface area (Å²) in [5.41, 5.74) is 0.635. The van der Waals surface area contributed by atoms with Crippen molar-refractivity contribution in [1.82, 2.24) is 5.32 Å². The maximum absolute atomic E-state index is 11.0. The molecule has 1 aromatic rings. The van der Waals surface area contributed by atoms with Crippen molar-refractivity contribution in [2.45, 2.75) is 39.0 Å². The average molecular weight is 311 g/mol. The number of fused-ring (bicyclic) bond motifs is 1. The molecule has 2 rings (SSSR count). The molecule has 0 bridgehead atoms. The zero-order chi connectivity index (χ0) is 16.8. The zero-order valence-corrected chi connectivity index (χ0v) is 12.8. The minimum Gasteiger partial charge on any atom is -0.488 e. The van der Waals surface area contributed by atoms with Crippen LogP contribution in [-0.2, 0) is 16.1 Å². The van der Waals surface area contributed by atoms with E-state index in [0.717, 1.165) is 12.4 Å². The molecule has 22 heavy (non-hydrogen) atoms. The number of hydrogen-bond donors (Lipinski definition) is 3. The molecule has 0 saturated carbocycles. The van der Waals surface area contributed by atoms with Gasteiger partial charge >= 0.3 is 12.1 Å². The standard InChI is InChI=1S/C8H15NO5.C7H6O/c1-8(2,3)14-7(13)9-5(4-10)6(11)12;1-2-4-7-6(3-1)5-8-7/h5,10H,4H2,1-3H3,(H,9,13)(H,11,12);1-4H,5H2. The molecule has 1 atom stereocenters. The van der Waals surface area contributed by atoms with Crippen LogP contribution in [0, 0.1) is 0 Å². The van der Waals surface area contributed by atoms with Gasteiger partial charge in [-0.05, 0) is 26.8 Å². The van der Waals surface area contributed by atoms with Crippen molar-refractivity contribution in [2.75, 3.05) is 6.61 Å². The van der Waals surface area contributed by atoms with E-state index in [1.807, 2.05) is 23.5 Å². The Bertz CT molecular complexity index is 500. The first kappa shape index (κ1) is 17.8. The van der Waals surface area contributed by atoms with Crippen LogP contribution in [0.15, 0.2) is 24.3 Å². The minimum atomic E-state index is -1.33. The largest absolute Gasteiger partial charge is 0.488 e. The van der Waals surface area contributed by atoms with Crippen molar-refractivity contribution in [1.29, 1.82) is 0 Å². The molecule has 0 fully saturated rings. The van der Waals surface area contributed by atoms with Crippen molar-refractivity contribution >= 4 is 12.1 Å². The molecule has 0 radical (unpaired) electrons. The van der Waals surface area contributed by atoms with E-state index < -0.39 is 30.3 Å². The van der Waals surface area contributed by atoms with Crippen LogP contribution < -0.4 is 10.1 Å². The fourth-order valence-electron chi connectivity index (χ4n) is 1.47. The maximum Gasteiger partial charge on any atom is 0.408 e. The van der Waals surface area contributed by atoms with Crippen LogP contribution in [0.4, 0.5) is 4.79 Å². The van der Waals surface area contributed by atoms with Crippen LogP contribution in [0.25, 0.3) is 0 Å². The summed E-state index contributed by atoms with van der Waals surface area (Å²) in [4.78, 5) is 21.4. The number of carboxylic acids is 1. The highest BCUT2D eigenvalue weighted by Crippen LogP contribution is 2.27. The van der Waals surface area contributed by atoms with Crippen molar-refractivity contribution in [2.24, 2.45) is 0 Å². The van der Waals surface area contributed by atoms with Gasteiger partial charge in [0.2, 0.25) is 0 Å². The number of aliphatic carboxylic acids is 1. The number of carbonyl (C=O) groups excluding carboxylic acids is 1. The van der Waals surface area contributed by atoms with Gasteiger partial charge in [0.25, 0.3) is 0 Å². The molecule has 0 spiro atoms. The van der Waals surface area contributed by atoms with Crippen molar-refractivity contribution in [3.05, 3.63) is 29.8 Å². The number of rotatable bonds is 3. The van der Waals surface area contributed by atoms with Gasteiger partial charge in [-0.2, -0.15) is 0 Å². The lowest BCUT2D eigenvalue weighted by molar-refractivity contribution is -0.140. The number of amides is 1. The van der Waals surface area contributed by atoms with Gasteiger partial charge in [0.15, 0.2) is 6.04 Å². The SMILES string of the molecule is CC(C)(C)OC(=O)NC(CO)C(=O)O.c1ccc2c(c1)CO2. The Hall–Kier alpha value is -2.28. The maximum atomic E-state index is 11.0. The summed E-state index contributed by atoms with van der Waals surface area (Å²) in [7, 11) is 0. The number of hydrogen-bond acceptors (Lipinski definition) is 5. The third-order valence-corrected chi connectivity index (χ3v) is 2.53. The molecule has 1 aliphatic rings. The average Bonchev–Trinajstić information content (AvgIpc) is 2.36. The van der Waals surface area contributed by atoms with Crippen LogP contribution in [-0.4, -0.2) is 40.5 Å². The van der Waals surface area contributed by atoms with E-state index in [4.69, 9.17) is 19.7 Å². The second-order valence-electron chi connectivity index (χ2n) is 5.62. The van der Waals surface area contributed by atoms with Gasteiger partial charge in [-0.15, -0.1) is 0 Å². The molecule has 0 aromatic heterocycles. The lowest BCUT2D eigenvalue weighted by Crippen LogP contribution is -2.45. The van der Waals surface area contributed by atoms with E-state index in [1.54, 1.807) is 20.8 Å². The Balaban J connectivity index is 0.000000249. The van der Waals surface area contributed by atoms with Gasteiger partial charge in [0.1, 0.15) is 18.0 Å². The molecule has 1 unspecified atom stereocenters. The third-order valence-electron chi connectivity index (χ3n) is 2.53. The lowest BCUT2D eigenvalue weighted by atomic mass is 10.1. The van der Waals surface area contributed by atoms with Gasteiger partial charge in [-0.1, -0.05) is 18.2 Å². The van der Waals surface area contributed by atoms with E-state index in [0.29, 0.717) is 0 Å². The van der Waals surface area contributed by atoms with E-state index in [1.165, 1.54) is 5.56 Å². The molecular weight excluding hydrogens is 290 g/mol. The number of aliphatic hydroxyl groups excluding tert-OH is 1. The fourth-order valence-corrected chi connectivity index (χ4v) is 1.47. The number of nitrogens with one attached hydrogen (secondary N) is 1. The summed E-state index contributed by atoms with van der Waals surface area (Å²) < 4.78 is 9.87. The van der Waals surface area contributed by atoms with Gasteiger partial charge in [0, 0.05) is 5.56 Å². The van der Waals surface area contributed by atoms with Gasteiger partial charge in [0.05, 0.1) is 6.61 Å². The van der Waals surface area contributed by atoms with Gasteiger partial charge in [-0.25, -0.2) is 9.59 Å². The molecule has 1 amide bonds. The lowest BCUT2D eigenvalue weighted by Gasteiger charge is -2.21. The number of carbonyl (C=O) groups is 2. The van der Waals surface area contributed by atoms with E-state index in [-0.39, 0.29) is 0 Å². The van der Waals surface area contributed by atoms with E-state index >= 15 is 0 Å². The quantitative estimate of drug-likeness (QED) is 0.782. The molecule has 0 aliphatic carbocycles. The Morgan fingerprint density at radius 2 is 2.00 bits per heavy atom. The molecule has 7 heteroatoms. The van der Waals surface area contributed by atoms with Gasteiger partial charge < -0.3 is 25.0 Å². The van der Waals surface area contributed by atoms with Crippen LogP contribution >= 0.6 is 0 Å². The monoisotopic (exact) mass is 311 g/mol. The number of aliphatic hydroxyl groups is 1. The molecular formula is C15H21NO6. The Labute approximate surface area is 128 Å². The first-order chi connectivity index (χ1) is 10.2. The zero-order valence-electron chi connectivity index (χ0n) is 12.8. The molecule has 3 N–H and O–H groups in total. The summed E-state index contributed by atoms with van der Waals surface area (Å²) >= 11 is 0. The predicted octanol–water partition coefficient (Wildman–Crippen LogP) is 1.54. The Kier molecular flexibility index (Phi) is 6.18. The molecule has 1 aliphatic heterocycles. The van der Waals surface area contributed by atoms with Crippen LogP contribution in [0.2, 0.25) is 0 Å². The number of para-hydroxylation sites is 1. The number of benzene rings is 1. The molecule has 122 valence electrons. The van der Waals surface area contributed by atoms with Crippen molar-refractivity contribution < 1.29 is 29.3 Å². The number of carboxylic acid groups (broad SMARTS) is 1. The highest BCUT2D eigenvalue weighted by atomic mass is 16.6. The second-order valence-corrected chi connectivity index (χ2v) is 5.62. The summed E-state index contributed by atoms with van der Waals surface area (Å²) in [5.74, 6) is -0.258. The summed E-state index contributed by atoms with van der Waals surface area (Å²) in [6, 6.07) is 6.75. The van der Waals surface area contributed by atoms with E-state index in [2.05, 4.69) is 6.07 Å². The topological polar surface area (TPSA) is 105 Å². The van der Waals surface area contributed by atoms with E-state index in [9.17, 15) is 9.59 Å². The summed E-state index contributed by atoms with van der Waals surface area (Å²) in [6.45, 7) is 5.09. The minimum absolute atomic E-state index is 0.672.